The minimum absolute atomic E-state index is 0.209. The summed E-state index contributed by atoms with van der Waals surface area (Å²) in [6, 6.07) is 4.39. The van der Waals surface area contributed by atoms with Crippen LogP contribution in [0.3, 0.4) is 0 Å². The van der Waals surface area contributed by atoms with Gasteiger partial charge in [-0.2, -0.15) is 4.91 Å². The highest BCUT2D eigenvalue weighted by molar-refractivity contribution is 5.88. The minimum Gasteiger partial charge on any atom is -0.396 e. The fourth-order valence-electron chi connectivity index (χ4n) is 3.43. The molecule has 0 aliphatic heterocycles. The third kappa shape index (κ3) is 3.63. The summed E-state index contributed by atoms with van der Waals surface area (Å²) in [6.07, 6.45) is 2.48. The van der Waals surface area contributed by atoms with Crippen LogP contribution in [-0.4, -0.2) is 23.2 Å². The molecule has 4 nitrogen and oxygen atoms in total. The second kappa shape index (κ2) is 7.73. The third-order valence-corrected chi connectivity index (χ3v) is 4.79. The smallest absolute Gasteiger partial charge is 0.0851 e. The predicted molar refractivity (Wildman–Crippen MR) is 96.2 cm³/mol. The highest BCUT2D eigenvalue weighted by Crippen LogP contribution is 2.35. The van der Waals surface area contributed by atoms with Gasteiger partial charge in [0.1, 0.15) is 0 Å². The van der Waals surface area contributed by atoms with Gasteiger partial charge in [-0.15, -0.1) is 0 Å². The molecule has 0 amide bonds. The lowest BCUT2D eigenvalue weighted by molar-refractivity contribution is 0.273. The summed E-state index contributed by atoms with van der Waals surface area (Å²) in [7, 11) is 0. The molecule has 1 aromatic heterocycles. The van der Waals surface area contributed by atoms with Gasteiger partial charge in [0.25, 0.3) is 0 Å². The van der Waals surface area contributed by atoms with Crippen molar-refractivity contribution in [3.63, 3.8) is 0 Å². The zero-order valence-corrected chi connectivity index (χ0v) is 14.6. The number of hydrogen-bond donors (Lipinski definition) is 2. The van der Waals surface area contributed by atoms with Gasteiger partial charge in [0.2, 0.25) is 0 Å². The van der Waals surface area contributed by atoms with Gasteiger partial charge in [-0.05, 0) is 54.9 Å². The molecule has 1 heterocycles. The van der Waals surface area contributed by atoms with E-state index in [-0.39, 0.29) is 6.61 Å². The summed E-state index contributed by atoms with van der Waals surface area (Å²) in [5.74, 6) is 0.762. The maximum Gasteiger partial charge on any atom is 0.0851 e. The van der Waals surface area contributed by atoms with E-state index in [4.69, 9.17) is 0 Å². The minimum atomic E-state index is 0.209. The number of rotatable bonds is 8. The van der Waals surface area contributed by atoms with Crippen molar-refractivity contribution >= 4 is 10.9 Å². The number of nitrogens with zero attached hydrogens (tertiary/aromatic N) is 1. The van der Waals surface area contributed by atoms with Gasteiger partial charge < -0.3 is 10.1 Å². The molecule has 4 heteroatoms. The van der Waals surface area contributed by atoms with Crippen molar-refractivity contribution in [1.29, 1.82) is 0 Å². The summed E-state index contributed by atoms with van der Waals surface area (Å²) in [5.41, 5.74) is 6.17. The van der Waals surface area contributed by atoms with Crippen LogP contribution in [0.4, 0.5) is 0 Å². The van der Waals surface area contributed by atoms with E-state index >= 15 is 0 Å². The number of aromatic amines is 1. The predicted octanol–water partition coefficient (Wildman–Crippen LogP) is 4.78. The molecule has 0 fully saturated rings. The molecule has 0 bridgehead atoms. The number of aromatic nitrogens is 1. The van der Waals surface area contributed by atoms with E-state index in [0.717, 1.165) is 12.8 Å². The Hall–Kier alpha value is -1.68. The van der Waals surface area contributed by atoms with Crippen molar-refractivity contribution in [3.8, 4) is 0 Å². The van der Waals surface area contributed by atoms with E-state index in [1.807, 2.05) is 0 Å². The standard InChI is InChI=1S/C19H28N2O2/c1-5-15(7-9-22)18-13(4)17-11-14(6-8-20-23)10-16(12(2)3)19(17)21-18/h10-12,15,21-22H,5-9H2,1-4H3. The van der Waals surface area contributed by atoms with E-state index in [0.29, 0.717) is 24.8 Å². The molecule has 1 unspecified atom stereocenters. The van der Waals surface area contributed by atoms with Crippen LogP contribution in [-0.2, 0) is 6.42 Å². The number of hydrogen-bond acceptors (Lipinski definition) is 3. The van der Waals surface area contributed by atoms with Crippen molar-refractivity contribution < 1.29 is 5.11 Å². The van der Waals surface area contributed by atoms with Crippen molar-refractivity contribution in [2.24, 2.45) is 5.18 Å². The van der Waals surface area contributed by atoms with Crippen LogP contribution in [0.2, 0.25) is 0 Å². The zero-order chi connectivity index (χ0) is 17.0. The number of aryl methyl sites for hydroxylation is 1. The highest BCUT2D eigenvalue weighted by Gasteiger charge is 2.19. The van der Waals surface area contributed by atoms with Crippen molar-refractivity contribution in [2.45, 2.75) is 58.8 Å². The second-order valence-corrected chi connectivity index (χ2v) is 6.65. The van der Waals surface area contributed by atoms with Crippen LogP contribution in [0.1, 0.15) is 67.8 Å². The Bertz CT molecular complexity index is 674. The highest BCUT2D eigenvalue weighted by atomic mass is 16.3. The van der Waals surface area contributed by atoms with Crippen LogP contribution in [0.25, 0.3) is 10.9 Å². The lowest BCUT2D eigenvalue weighted by atomic mass is 9.93. The normalized spacial score (nSPS) is 13.0. The van der Waals surface area contributed by atoms with Gasteiger partial charge in [-0.1, -0.05) is 32.0 Å². The molecule has 0 saturated heterocycles. The first-order valence-electron chi connectivity index (χ1n) is 8.58. The Labute approximate surface area is 138 Å². The first-order chi connectivity index (χ1) is 11.0. The summed E-state index contributed by atoms with van der Waals surface area (Å²) < 4.78 is 0. The molecular weight excluding hydrogens is 288 g/mol. The van der Waals surface area contributed by atoms with E-state index in [9.17, 15) is 10.0 Å². The molecule has 0 radical (unpaired) electrons. The number of fused-ring (bicyclic) bond motifs is 1. The van der Waals surface area contributed by atoms with E-state index in [1.54, 1.807) is 0 Å². The fraction of sp³-hybridized carbons (Fsp3) is 0.579. The molecule has 23 heavy (non-hydrogen) atoms. The summed E-state index contributed by atoms with van der Waals surface area (Å²) in [6.45, 7) is 9.23. The molecule has 2 N–H and O–H groups in total. The van der Waals surface area contributed by atoms with Gasteiger partial charge in [0.15, 0.2) is 0 Å². The van der Waals surface area contributed by atoms with Gasteiger partial charge >= 0.3 is 0 Å². The number of H-pyrrole nitrogens is 1. The maximum atomic E-state index is 10.5. The SMILES string of the molecule is CCC(CCO)c1[nH]c2c(C(C)C)cc(CCN=O)cc2c1C. The first-order valence-corrected chi connectivity index (χ1v) is 8.58. The number of nitrogens with one attached hydrogen (secondary N) is 1. The number of benzene rings is 1. The summed E-state index contributed by atoms with van der Waals surface area (Å²) >= 11 is 0. The Morgan fingerprint density at radius 3 is 2.61 bits per heavy atom. The second-order valence-electron chi connectivity index (χ2n) is 6.65. The Morgan fingerprint density at radius 2 is 2.04 bits per heavy atom. The molecule has 0 saturated carbocycles. The van der Waals surface area contributed by atoms with Gasteiger partial charge in [0.05, 0.1) is 6.54 Å². The number of nitroso groups, excluding NO2 is 1. The molecule has 1 aromatic carbocycles. The van der Waals surface area contributed by atoms with Crippen LogP contribution in [0.5, 0.6) is 0 Å². The van der Waals surface area contributed by atoms with E-state index in [2.05, 4.69) is 50.0 Å². The lowest BCUT2D eigenvalue weighted by Crippen LogP contribution is -2.02. The molecule has 0 aliphatic rings. The number of aliphatic hydroxyl groups is 1. The van der Waals surface area contributed by atoms with Crippen LogP contribution < -0.4 is 0 Å². The Kier molecular flexibility index (Phi) is 5.94. The van der Waals surface area contributed by atoms with Crippen LogP contribution in [0, 0.1) is 11.8 Å². The van der Waals surface area contributed by atoms with Crippen LogP contribution >= 0.6 is 0 Å². The van der Waals surface area contributed by atoms with Crippen molar-refractivity contribution in [3.05, 3.63) is 39.4 Å². The molecule has 0 spiro atoms. The lowest BCUT2D eigenvalue weighted by Gasteiger charge is -2.13. The topological polar surface area (TPSA) is 65.4 Å². The van der Waals surface area contributed by atoms with Gasteiger partial charge in [-0.25, -0.2) is 0 Å². The molecule has 2 aromatic rings. The summed E-state index contributed by atoms with van der Waals surface area (Å²) in [4.78, 5) is 14.1. The average Bonchev–Trinajstić information content (AvgIpc) is 2.86. The largest absolute Gasteiger partial charge is 0.396 e. The molecule has 1 atom stereocenters. The Morgan fingerprint density at radius 1 is 1.30 bits per heavy atom. The van der Waals surface area contributed by atoms with Gasteiger partial charge in [0, 0.05) is 29.1 Å². The molecule has 126 valence electrons. The van der Waals surface area contributed by atoms with Crippen molar-refractivity contribution in [1.82, 2.24) is 4.98 Å². The molecular formula is C19H28N2O2. The molecule has 0 aliphatic carbocycles. The van der Waals surface area contributed by atoms with Crippen LogP contribution in [0.15, 0.2) is 17.3 Å². The van der Waals surface area contributed by atoms with Crippen molar-refractivity contribution in [2.75, 3.05) is 13.2 Å². The molecule has 2 rings (SSSR count). The monoisotopic (exact) mass is 316 g/mol. The quantitative estimate of drug-likeness (QED) is 0.688. The third-order valence-electron chi connectivity index (χ3n) is 4.79. The number of aliphatic hydroxyl groups excluding tert-OH is 1. The Balaban J connectivity index is 2.60. The first kappa shape index (κ1) is 17.7. The van der Waals surface area contributed by atoms with Gasteiger partial charge in [-0.3, -0.25) is 0 Å². The summed E-state index contributed by atoms with van der Waals surface area (Å²) in [5, 5.41) is 13.6. The average molecular weight is 316 g/mol. The van der Waals surface area contributed by atoms with E-state index in [1.165, 1.54) is 33.3 Å². The van der Waals surface area contributed by atoms with E-state index < -0.39 is 0 Å². The maximum absolute atomic E-state index is 10.5. The fourth-order valence-corrected chi connectivity index (χ4v) is 3.43. The zero-order valence-electron chi connectivity index (χ0n) is 14.6.